The van der Waals surface area contributed by atoms with E-state index in [1.165, 1.54) is 18.2 Å². The summed E-state index contributed by atoms with van der Waals surface area (Å²) in [4.78, 5) is 29.6. The lowest BCUT2D eigenvalue weighted by atomic mass is 10.1. The molecule has 1 aromatic carbocycles. The summed E-state index contributed by atoms with van der Waals surface area (Å²) in [5.41, 5.74) is 1.36. The molecule has 0 fully saturated rings. The molecule has 2 aromatic rings. The molecule has 1 unspecified atom stereocenters. The van der Waals surface area contributed by atoms with Gasteiger partial charge >= 0.3 is 0 Å². The molecule has 2 N–H and O–H groups in total. The summed E-state index contributed by atoms with van der Waals surface area (Å²) in [6, 6.07) is 5.73. The molecule has 2 heterocycles. The second-order valence-electron chi connectivity index (χ2n) is 6.59. The van der Waals surface area contributed by atoms with Crippen LogP contribution in [0.4, 0.5) is 10.1 Å². The van der Waals surface area contributed by atoms with Crippen molar-refractivity contribution in [3.63, 3.8) is 0 Å². The number of hydrogen-bond acceptors (Lipinski definition) is 3. The van der Waals surface area contributed by atoms with Crippen LogP contribution in [0.3, 0.4) is 0 Å². The Balaban J connectivity index is 1.89. The number of halogens is 1. The number of carbonyl (C=O) groups is 2. The Morgan fingerprint density at radius 1 is 1.31 bits per heavy atom. The van der Waals surface area contributed by atoms with Crippen molar-refractivity contribution in [3.05, 3.63) is 47.3 Å². The zero-order valence-electron chi connectivity index (χ0n) is 15.0. The number of aromatic nitrogens is 2. The van der Waals surface area contributed by atoms with Gasteiger partial charge in [-0.1, -0.05) is 13.0 Å². The highest BCUT2D eigenvalue weighted by Crippen LogP contribution is 2.22. The van der Waals surface area contributed by atoms with Gasteiger partial charge in [0.1, 0.15) is 5.82 Å². The van der Waals surface area contributed by atoms with E-state index >= 15 is 0 Å². The lowest BCUT2D eigenvalue weighted by Gasteiger charge is -2.18. The molecule has 2 amide bonds. The highest BCUT2D eigenvalue weighted by Gasteiger charge is 2.27. The van der Waals surface area contributed by atoms with Gasteiger partial charge in [-0.05, 0) is 50.8 Å². The van der Waals surface area contributed by atoms with E-state index in [0.717, 1.165) is 25.0 Å². The molecule has 0 radical (unpaired) electrons. The van der Waals surface area contributed by atoms with Crippen LogP contribution in [-0.4, -0.2) is 27.4 Å². The lowest BCUT2D eigenvalue weighted by molar-refractivity contribution is 0.0923. The van der Waals surface area contributed by atoms with Crippen molar-refractivity contribution < 1.29 is 14.0 Å². The Labute approximate surface area is 151 Å². The Bertz CT molecular complexity index is 831. The van der Waals surface area contributed by atoms with E-state index in [1.807, 2.05) is 18.4 Å². The van der Waals surface area contributed by atoms with E-state index in [9.17, 15) is 14.0 Å². The van der Waals surface area contributed by atoms with Gasteiger partial charge < -0.3 is 15.2 Å². The first-order valence-corrected chi connectivity index (χ1v) is 8.96. The van der Waals surface area contributed by atoms with Crippen molar-refractivity contribution in [3.8, 4) is 0 Å². The molecular weight excluding hydrogens is 335 g/mol. The lowest BCUT2D eigenvalue weighted by Crippen LogP contribution is -2.34. The first kappa shape index (κ1) is 18.1. The fourth-order valence-corrected chi connectivity index (χ4v) is 3.05. The van der Waals surface area contributed by atoms with Crippen LogP contribution in [0.25, 0.3) is 0 Å². The molecule has 0 spiro atoms. The highest BCUT2D eigenvalue weighted by atomic mass is 19.1. The normalized spacial score (nSPS) is 14.4. The van der Waals surface area contributed by atoms with Crippen molar-refractivity contribution in [1.29, 1.82) is 0 Å². The van der Waals surface area contributed by atoms with E-state index in [4.69, 9.17) is 0 Å². The minimum Gasteiger partial charge on any atom is -0.347 e. The third kappa shape index (κ3) is 3.76. The van der Waals surface area contributed by atoms with Crippen molar-refractivity contribution in [1.82, 2.24) is 14.9 Å². The Kier molecular flexibility index (Phi) is 5.35. The summed E-state index contributed by atoms with van der Waals surface area (Å²) in [7, 11) is 0. The minimum atomic E-state index is -0.428. The van der Waals surface area contributed by atoms with Gasteiger partial charge in [0.2, 0.25) is 0 Å². The summed E-state index contributed by atoms with van der Waals surface area (Å²) in [5.74, 6) is -0.858. The third-order valence-electron chi connectivity index (χ3n) is 4.61. The van der Waals surface area contributed by atoms with E-state index in [-0.39, 0.29) is 23.5 Å². The number of fused-ring (bicyclic) bond motifs is 1. The molecule has 7 heteroatoms. The van der Waals surface area contributed by atoms with Gasteiger partial charge in [-0.3, -0.25) is 9.59 Å². The average molecular weight is 358 g/mol. The summed E-state index contributed by atoms with van der Waals surface area (Å²) >= 11 is 0. The van der Waals surface area contributed by atoms with Gasteiger partial charge in [-0.15, -0.1) is 0 Å². The number of nitrogens with one attached hydrogen (secondary N) is 2. The molecule has 26 heavy (non-hydrogen) atoms. The monoisotopic (exact) mass is 358 g/mol. The number of imidazole rings is 1. The Morgan fingerprint density at radius 2 is 2.12 bits per heavy atom. The third-order valence-corrected chi connectivity index (χ3v) is 4.61. The average Bonchev–Trinajstić information content (AvgIpc) is 3.01. The van der Waals surface area contributed by atoms with Crippen molar-refractivity contribution in [2.75, 3.05) is 5.32 Å². The van der Waals surface area contributed by atoms with Crippen LogP contribution in [-0.2, 0) is 13.0 Å². The number of benzene rings is 1. The summed E-state index contributed by atoms with van der Waals surface area (Å²) < 4.78 is 15.2. The van der Waals surface area contributed by atoms with Gasteiger partial charge in [0.15, 0.2) is 11.5 Å². The van der Waals surface area contributed by atoms with Crippen LogP contribution in [0.2, 0.25) is 0 Å². The van der Waals surface area contributed by atoms with Crippen LogP contribution < -0.4 is 10.6 Å². The molecule has 6 nitrogen and oxygen atoms in total. The van der Waals surface area contributed by atoms with Gasteiger partial charge in [-0.2, -0.15) is 0 Å². The van der Waals surface area contributed by atoms with Crippen LogP contribution in [0.5, 0.6) is 0 Å². The maximum atomic E-state index is 13.3. The largest absolute Gasteiger partial charge is 0.347 e. The van der Waals surface area contributed by atoms with Gasteiger partial charge in [0.25, 0.3) is 11.8 Å². The number of nitrogens with zero attached hydrogens (tertiary/aromatic N) is 2. The molecule has 1 aliphatic heterocycles. The fourth-order valence-electron chi connectivity index (χ4n) is 3.05. The molecule has 0 aliphatic carbocycles. The zero-order valence-corrected chi connectivity index (χ0v) is 15.0. The van der Waals surface area contributed by atoms with E-state index < -0.39 is 11.7 Å². The molecule has 138 valence electrons. The van der Waals surface area contributed by atoms with Crippen molar-refractivity contribution >= 4 is 17.5 Å². The van der Waals surface area contributed by atoms with E-state index in [0.29, 0.717) is 18.7 Å². The van der Waals surface area contributed by atoms with Crippen molar-refractivity contribution in [2.45, 2.75) is 52.1 Å². The Morgan fingerprint density at radius 3 is 2.85 bits per heavy atom. The number of hydrogen-bond donors (Lipinski definition) is 2. The zero-order chi connectivity index (χ0) is 18.7. The number of amides is 2. The molecule has 1 aliphatic rings. The molecule has 3 rings (SSSR count). The molecular formula is C19H23FN4O2. The number of carbonyl (C=O) groups excluding carboxylic acids is 2. The number of rotatable bonds is 5. The topological polar surface area (TPSA) is 76.0 Å². The molecule has 1 aromatic heterocycles. The second kappa shape index (κ2) is 7.68. The molecule has 0 saturated heterocycles. The fraction of sp³-hybridized carbons (Fsp3) is 0.421. The van der Waals surface area contributed by atoms with Gasteiger partial charge in [-0.25, -0.2) is 9.37 Å². The van der Waals surface area contributed by atoms with Gasteiger partial charge in [0, 0.05) is 18.3 Å². The van der Waals surface area contributed by atoms with Crippen LogP contribution in [0.15, 0.2) is 24.3 Å². The maximum absolute atomic E-state index is 13.3. The molecule has 0 saturated carbocycles. The minimum absolute atomic E-state index is 0.0311. The maximum Gasteiger partial charge on any atom is 0.287 e. The quantitative estimate of drug-likeness (QED) is 0.862. The molecule has 0 bridgehead atoms. The summed E-state index contributed by atoms with van der Waals surface area (Å²) in [6.45, 7) is 4.58. The van der Waals surface area contributed by atoms with Gasteiger partial charge in [0.05, 0.1) is 5.69 Å². The standard InChI is InChI=1S/C19H23FN4O2/c1-3-12(2)21-19(26)17-23-16(15-9-4-5-10-24(15)17)18(25)22-14-8-6-7-13(20)11-14/h6-8,11-12H,3-5,9-10H2,1-2H3,(H,21,26)(H,22,25). The predicted molar refractivity (Wildman–Crippen MR) is 96.7 cm³/mol. The van der Waals surface area contributed by atoms with E-state index in [1.54, 1.807) is 6.07 Å². The first-order valence-electron chi connectivity index (χ1n) is 8.96. The first-order chi connectivity index (χ1) is 12.5. The highest BCUT2D eigenvalue weighted by molar-refractivity contribution is 6.05. The summed E-state index contributed by atoms with van der Waals surface area (Å²) in [6.07, 6.45) is 3.39. The van der Waals surface area contributed by atoms with Crippen LogP contribution in [0, 0.1) is 5.82 Å². The van der Waals surface area contributed by atoms with Crippen molar-refractivity contribution in [2.24, 2.45) is 0 Å². The number of anilines is 1. The SMILES string of the molecule is CCC(C)NC(=O)c1nc(C(=O)Nc2cccc(F)c2)c2n1CCCC2. The predicted octanol–water partition coefficient (Wildman–Crippen LogP) is 3.14. The van der Waals surface area contributed by atoms with Crippen LogP contribution in [0.1, 0.15) is 59.9 Å². The smallest absolute Gasteiger partial charge is 0.287 e. The van der Waals surface area contributed by atoms with Crippen LogP contribution >= 0.6 is 0 Å². The molecule has 1 atom stereocenters. The van der Waals surface area contributed by atoms with E-state index in [2.05, 4.69) is 15.6 Å². The Hall–Kier alpha value is -2.70. The second-order valence-corrected chi connectivity index (χ2v) is 6.59. The summed E-state index contributed by atoms with van der Waals surface area (Å²) in [5, 5.41) is 5.57.